The van der Waals surface area contributed by atoms with Gasteiger partial charge in [0.05, 0.1) is 63.5 Å². The van der Waals surface area contributed by atoms with E-state index in [1.165, 1.54) is 0 Å². The number of benzene rings is 3. The van der Waals surface area contributed by atoms with E-state index >= 15 is 0 Å². The number of hydrogen-bond donors (Lipinski definition) is 1. The van der Waals surface area contributed by atoms with Gasteiger partial charge in [-0.05, 0) is 145 Å². The summed E-state index contributed by atoms with van der Waals surface area (Å²) in [6.45, 7) is 13.5. The molecule has 0 radical (unpaired) electrons. The SMILES string of the molecule is C[C@H]1[C@H](/C=C/c2ccc(-c3ccccc3C#N)cn2)[C@@H]2CC(=O)N(C)[C@@H]2C[C@@H]1C.C[C@H]1[C@H](/C=C/c2ccc(-c3ccccc3C#N)cn2)[C@@H]2CS(=O)(=O)N(C)[C@@H]2C[C@@H]1C.C[C@H]1[C@H](/C=C/c2ccc(-c3ccccc3C#N)cn2)[C@@H]2CS(=O)(=O)N[C@@H]2C[C@@H]1C. The number of carbonyl (C=O) groups excluding carboxylic acids is 1. The maximum absolute atomic E-state index is 12.5. The highest BCUT2D eigenvalue weighted by atomic mass is 32.2. The average Bonchev–Trinajstić information content (AvgIpc) is 1.78. The van der Waals surface area contributed by atoms with E-state index in [9.17, 15) is 37.4 Å². The van der Waals surface area contributed by atoms with Gasteiger partial charge in [0.1, 0.15) is 0 Å². The van der Waals surface area contributed by atoms with Gasteiger partial charge in [0.25, 0.3) is 0 Å². The fourth-order valence-corrected chi connectivity index (χ4v) is 18.5. The Kier molecular flexibility index (Phi) is 19.2. The second-order valence-electron chi connectivity index (χ2n) is 25.5. The van der Waals surface area contributed by atoms with Crippen LogP contribution in [0.5, 0.6) is 0 Å². The third-order valence-electron chi connectivity index (χ3n) is 20.6. The smallest absolute Gasteiger partial charge is 0.222 e. The van der Waals surface area contributed by atoms with E-state index in [1.807, 2.05) is 127 Å². The first-order valence-electron chi connectivity index (χ1n) is 30.8. The summed E-state index contributed by atoms with van der Waals surface area (Å²) in [6.07, 6.45) is 21.7. The average molecular weight is 1210 g/mol. The molecular formula is C72H79N9O5S2. The molecule has 6 fully saturated rings. The van der Waals surface area contributed by atoms with Gasteiger partial charge in [0.2, 0.25) is 26.0 Å². The molecule has 3 aromatic carbocycles. The van der Waals surface area contributed by atoms with Crippen LogP contribution in [0.2, 0.25) is 0 Å². The number of allylic oxidation sites excluding steroid dienone is 3. The second-order valence-corrected chi connectivity index (χ2v) is 29.4. The Hall–Kier alpha value is -7.91. The highest BCUT2D eigenvalue weighted by Crippen LogP contribution is 2.48. The lowest BCUT2D eigenvalue weighted by molar-refractivity contribution is -0.127. The van der Waals surface area contributed by atoms with Crippen molar-refractivity contribution < 1.29 is 21.6 Å². The molecule has 0 unspecified atom stereocenters. The van der Waals surface area contributed by atoms with Crippen LogP contribution in [0.25, 0.3) is 51.6 Å². The Morgan fingerprint density at radius 2 is 0.886 bits per heavy atom. The predicted octanol–water partition coefficient (Wildman–Crippen LogP) is 12.8. The standard InChI is InChI=1S/C25H27N3O.C24H27N3O2S.C23H25N3O2S/c1-16-12-24-23(13-25(29)28(24)3)21(17(16)2)11-10-20-9-8-19(15-27-20)22-7-5-4-6-18(22)14-26;1-16-12-24-23(15-30(28,29)27(24)3)21(17(16)2)11-10-20-9-8-19(14-26-20)22-7-5-4-6-18(22)13-25;1-15-11-23-22(14-29(27,28)26-23)20(16(15)2)10-9-19-8-7-18(13-25-19)21-6-4-3-5-17(21)12-24/h4-11,15-17,21,23-24H,12-13H2,1-3H3;4-11,14,16-17,21,23-24H,12,15H2,1-3H3;3-10,13,15-16,20,22-23,26H,11,14H2,1-2H3/b2*11-10+;10-9+/t2*16-,17+,21-,23-,24+;15-,16+,20-,22-,23+/m000/s1. The van der Waals surface area contributed by atoms with Gasteiger partial charge in [-0.25, -0.2) is 25.9 Å². The molecule has 0 bridgehead atoms. The van der Waals surface area contributed by atoms with E-state index in [0.29, 0.717) is 76.5 Å². The minimum atomic E-state index is -3.16. The van der Waals surface area contributed by atoms with Crippen LogP contribution in [-0.2, 0) is 24.8 Å². The number of fused-ring (bicyclic) bond motifs is 3. The number of nitrogens with zero attached hydrogens (tertiary/aromatic N) is 8. The molecule has 6 aliphatic rings. The van der Waals surface area contributed by atoms with Crippen molar-refractivity contribution in [2.45, 2.75) is 85.4 Å². The molecule has 3 aliphatic heterocycles. The highest BCUT2D eigenvalue weighted by molar-refractivity contribution is 7.89. The number of carbonyl (C=O) groups is 1. The molecule has 3 saturated heterocycles. The molecule has 454 valence electrons. The minimum absolute atomic E-state index is 0.0404. The number of hydrogen-bond acceptors (Lipinski definition) is 11. The number of rotatable bonds is 9. The molecule has 3 saturated carbocycles. The topological polar surface area (TPSA) is 214 Å². The summed E-state index contributed by atoms with van der Waals surface area (Å²) in [5, 5.41) is 27.9. The summed E-state index contributed by atoms with van der Waals surface area (Å²) in [7, 11) is -2.64. The molecule has 0 spiro atoms. The predicted molar refractivity (Wildman–Crippen MR) is 347 cm³/mol. The van der Waals surface area contributed by atoms with E-state index in [-0.39, 0.29) is 53.2 Å². The van der Waals surface area contributed by atoms with Crippen molar-refractivity contribution in [2.24, 2.45) is 71.0 Å². The van der Waals surface area contributed by atoms with Gasteiger partial charge in [-0.3, -0.25) is 19.7 Å². The maximum atomic E-state index is 12.5. The Morgan fingerprint density at radius 1 is 0.500 bits per heavy atom. The van der Waals surface area contributed by atoms with Crippen molar-refractivity contribution in [2.75, 3.05) is 25.6 Å². The van der Waals surface area contributed by atoms with Gasteiger partial charge < -0.3 is 4.90 Å². The third kappa shape index (κ3) is 13.5. The number of sulfonamides is 2. The molecular weight excluding hydrogens is 1130 g/mol. The summed E-state index contributed by atoms with van der Waals surface area (Å²) in [4.78, 5) is 27.9. The lowest BCUT2D eigenvalue weighted by atomic mass is 9.65. The van der Waals surface area contributed by atoms with E-state index in [4.69, 9.17) is 0 Å². The zero-order valence-electron chi connectivity index (χ0n) is 51.4. The van der Waals surface area contributed by atoms with Crippen molar-refractivity contribution in [1.29, 1.82) is 15.8 Å². The molecule has 88 heavy (non-hydrogen) atoms. The summed E-state index contributed by atoms with van der Waals surface area (Å²) in [5.74, 6) is 5.08. The molecule has 15 atom stereocenters. The van der Waals surface area contributed by atoms with Crippen molar-refractivity contribution in [1.82, 2.24) is 28.9 Å². The first-order valence-corrected chi connectivity index (χ1v) is 34.1. The summed E-state index contributed by atoms with van der Waals surface area (Å²) in [6, 6.07) is 41.6. The normalized spacial score (nSPS) is 30.2. The van der Waals surface area contributed by atoms with E-state index < -0.39 is 20.0 Å². The lowest BCUT2D eigenvalue weighted by Crippen LogP contribution is -2.43. The van der Waals surface area contributed by atoms with Crippen molar-refractivity contribution >= 4 is 44.2 Å². The third-order valence-corrected chi connectivity index (χ3v) is 24.0. The summed E-state index contributed by atoms with van der Waals surface area (Å²) >= 11 is 0. The number of amides is 1. The van der Waals surface area contributed by atoms with Crippen molar-refractivity contribution in [3.8, 4) is 51.6 Å². The molecule has 1 N–H and O–H groups in total. The van der Waals surface area contributed by atoms with Crippen LogP contribution >= 0.6 is 0 Å². The molecule has 3 aromatic heterocycles. The van der Waals surface area contributed by atoms with Gasteiger partial charge in [-0.2, -0.15) is 15.8 Å². The molecule has 16 heteroatoms. The molecule has 14 nitrogen and oxygen atoms in total. The number of nitrogens with one attached hydrogen (secondary N) is 1. The van der Waals surface area contributed by atoms with E-state index in [1.54, 1.807) is 35.9 Å². The molecule has 6 aromatic rings. The van der Waals surface area contributed by atoms with Gasteiger partial charge >= 0.3 is 0 Å². The van der Waals surface area contributed by atoms with Crippen LogP contribution in [-0.4, -0.2) is 90.6 Å². The lowest BCUT2D eigenvalue weighted by Gasteiger charge is -2.42. The molecule has 12 rings (SSSR count). The van der Waals surface area contributed by atoms with Gasteiger partial charge in [-0.1, -0.05) is 133 Å². The van der Waals surface area contributed by atoms with E-state index in [2.05, 4.69) is 104 Å². The molecule has 6 heterocycles. The number of pyridine rings is 3. The Labute approximate surface area is 520 Å². The monoisotopic (exact) mass is 1210 g/mol. The first-order chi connectivity index (χ1) is 42.2. The Balaban J connectivity index is 0.000000146. The zero-order chi connectivity index (χ0) is 62.6. The minimum Gasteiger partial charge on any atom is -0.342 e. The quantitative estimate of drug-likeness (QED) is 0.144. The van der Waals surface area contributed by atoms with E-state index in [0.717, 1.165) is 69.7 Å². The highest BCUT2D eigenvalue weighted by Gasteiger charge is 2.52. The number of likely N-dealkylation sites (tertiary alicyclic amines) is 1. The molecule has 3 aliphatic carbocycles. The maximum Gasteiger partial charge on any atom is 0.222 e. The second kappa shape index (κ2) is 26.8. The number of nitriles is 3. The fourth-order valence-electron chi connectivity index (χ4n) is 14.8. The van der Waals surface area contributed by atoms with Crippen LogP contribution in [0.1, 0.15) is 101 Å². The zero-order valence-corrected chi connectivity index (χ0v) is 53.1. The summed E-state index contributed by atoms with van der Waals surface area (Å²) < 4.78 is 53.5. The van der Waals surface area contributed by atoms with Crippen LogP contribution < -0.4 is 4.72 Å². The van der Waals surface area contributed by atoms with Crippen LogP contribution in [0.15, 0.2) is 146 Å². The fraction of sp³-hybridized carbons (Fsp3) is 0.403. The van der Waals surface area contributed by atoms with Crippen LogP contribution in [0.4, 0.5) is 0 Å². The van der Waals surface area contributed by atoms with Crippen LogP contribution in [0.3, 0.4) is 0 Å². The first kappa shape index (κ1) is 63.1. The Morgan fingerprint density at radius 3 is 1.30 bits per heavy atom. The van der Waals surface area contributed by atoms with Crippen molar-refractivity contribution in [3.05, 3.63) is 180 Å². The van der Waals surface area contributed by atoms with Gasteiger partial charge in [-0.15, -0.1) is 0 Å². The van der Waals surface area contributed by atoms with Crippen molar-refractivity contribution in [3.63, 3.8) is 0 Å². The van der Waals surface area contributed by atoms with Gasteiger partial charge in [0.15, 0.2) is 0 Å². The largest absolute Gasteiger partial charge is 0.342 e. The molecule has 1 amide bonds. The van der Waals surface area contributed by atoms with Crippen LogP contribution in [0, 0.1) is 105 Å². The Bertz CT molecular complexity index is 3960. The number of aromatic nitrogens is 3. The van der Waals surface area contributed by atoms with Gasteiger partial charge in [0, 0.05) is 90.6 Å². The summed E-state index contributed by atoms with van der Waals surface area (Å²) in [5.41, 5.74) is 9.91.